The molecule has 18 heavy (non-hydrogen) atoms. The maximum Gasteiger partial charge on any atom is 0.312 e. The van der Waals surface area contributed by atoms with Crippen LogP contribution in [0.3, 0.4) is 0 Å². The first-order chi connectivity index (χ1) is 8.44. The molecule has 0 amide bonds. The van der Waals surface area contributed by atoms with Crippen molar-refractivity contribution in [1.82, 2.24) is 0 Å². The van der Waals surface area contributed by atoms with E-state index in [1.54, 1.807) is 0 Å². The molecule has 0 N–H and O–H groups in total. The zero-order valence-corrected chi connectivity index (χ0v) is 11.3. The van der Waals surface area contributed by atoms with Gasteiger partial charge in [0.2, 0.25) is 0 Å². The minimum absolute atomic E-state index is 0.0581. The van der Waals surface area contributed by atoms with Crippen LogP contribution in [0.15, 0.2) is 12.3 Å². The van der Waals surface area contributed by atoms with Gasteiger partial charge in [-0.25, -0.2) is 0 Å². The maximum atomic E-state index is 12.2. The molecule has 2 bridgehead atoms. The number of esters is 1. The number of hydrogen-bond donors (Lipinski definition) is 0. The summed E-state index contributed by atoms with van der Waals surface area (Å²) in [6.45, 7) is 9.66. The largest absolute Gasteiger partial charge is 0.491 e. The summed E-state index contributed by atoms with van der Waals surface area (Å²) in [5.41, 5.74) is -0.517. The van der Waals surface area contributed by atoms with Crippen molar-refractivity contribution in [2.75, 3.05) is 0 Å². The molecule has 3 heteroatoms. The Morgan fingerprint density at radius 3 is 2.89 bits per heavy atom. The normalized spacial score (nSPS) is 41.1. The highest BCUT2D eigenvalue weighted by Gasteiger charge is 2.61. The molecular formula is C15H21O3. The Morgan fingerprint density at radius 1 is 1.50 bits per heavy atom. The summed E-state index contributed by atoms with van der Waals surface area (Å²) in [5.74, 6) is 2.29. The molecule has 0 spiro atoms. The number of ether oxygens (including phenoxy) is 2. The van der Waals surface area contributed by atoms with Crippen LogP contribution < -0.4 is 0 Å². The first-order valence-corrected chi connectivity index (χ1v) is 6.81. The number of rotatable bonds is 3. The highest BCUT2D eigenvalue weighted by Crippen LogP contribution is 2.58. The Morgan fingerprint density at radius 2 is 2.22 bits per heavy atom. The maximum absolute atomic E-state index is 12.2. The molecule has 5 unspecified atom stereocenters. The van der Waals surface area contributed by atoms with Gasteiger partial charge in [0.15, 0.2) is 0 Å². The fourth-order valence-corrected chi connectivity index (χ4v) is 3.60. The Balaban J connectivity index is 1.73. The van der Waals surface area contributed by atoms with Gasteiger partial charge in [0.05, 0.1) is 11.2 Å². The number of carbonyl (C=O) groups excluding carboxylic acids is 1. The average molecular weight is 249 g/mol. The van der Waals surface area contributed by atoms with Gasteiger partial charge in [-0.1, -0.05) is 13.5 Å². The Kier molecular flexibility index (Phi) is 2.51. The van der Waals surface area contributed by atoms with Crippen molar-refractivity contribution in [2.45, 2.75) is 45.8 Å². The quantitative estimate of drug-likeness (QED) is 0.721. The van der Waals surface area contributed by atoms with Gasteiger partial charge < -0.3 is 9.47 Å². The van der Waals surface area contributed by atoms with Crippen molar-refractivity contribution in [2.24, 2.45) is 23.2 Å². The van der Waals surface area contributed by atoms with E-state index in [0.29, 0.717) is 17.8 Å². The Bertz CT molecular complexity index is 399. The van der Waals surface area contributed by atoms with Crippen molar-refractivity contribution in [1.29, 1.82) is 0 Å². The number of hydrogen-bond acceptors (Lipinski definition) is 3. The molecule has 2 saturated carbocycles. The molecular weight excluding hydrogens is 228 g/mol. The summed E-state index contributed by atoms with van der Waals surface area (Å²) in [7, 11) is 0. The van der Waals surface area contributed by atoms with E-state index >= 15 is 0 Å². The molecule has 3 fully saturated rings. The van der Waals surface area contributed by atoms with E-state index in [2.05, 4.69) is 6.58 Å². The van der Waals surface area contributed by atoms with Crippen molar-refractivity contribution in [3.63, 3.8) is 0 Å². The minimum Gasteiger partial charge on any atom is -0.491 e. The number of carbonyl (C=O) groups is 1. The standard InChI is InChI=1S/C15H21O3/c1-5-15(3,4)14(16)18-12-9-6-10-8(2)17-13(12)11(10)7-9/h5,9-13H,2,6-7H2,1,3-4H3. The van der Waals surface area contributed by atoms with Crippen LogP contribution in [0.2, 0.25) is 0 Å². The first-order valence-electron chi connectivity index (χ1n) is 6.81. The van der Waals surface area contributed by atoms with Crippen LogP contribution in [0.5, 0.6) is 0 Å². The number of fused-ring (bicyclic) bond motifs is 1. The smallest absolute Gasteiger partial charge is 0.312 e. The lowest BCUT2D eigenvalue weighted by atomic mass is 9.86. The van der Waals surface area contributed by atoms with Gasteiger partial charge in [-0.2, -0.15) is 0 Å². The molecule has 3 aliphatic rings. The second-order valence-corrected chi connectivity index (χ2v) is 6.43. The molecule has 1 aliphatic heterocycles. The zero-order valence-electron chi connectivity index (χ0n) is 11.3. The topological polar surface area (TPSA) is 35.5 Å². The number of allylic oxidation sites excluding steroid dienone is 1. The molecule has 3 nitrogen and oxygen atoms in total. The Hall–Kier alpha value is -0.990. The van der Waals surface area contributed by atoms with Gasteiger partial charge in [-0.3, -0.25) is 4.79 Å². The van der Waals surface area contributed by atoms with Crippen LogP contribution in [-0.4, -0.2) is 18.2 Å². The molecule has 1 radical (unpaired) electrons. The van der Waals surface area contributed by atoms with Gasteiger partial charge in [-0.05, 0) is 33.1 Å². The predicted octanol–water partition coefficient (Wildman–Crippen LogP) is 2.72. The van der Waals surface area contributed by atoms with E-state index in [4.69, 9.17) is 9.47 Å². The van der Waals surface area contributed by atoms with Crippen molar-refractivity contribution < 1.29 is 14.3 Å². The average Bonchev–Trinajstić information content (AvgIpc) is 2.93. The zero-order chi connectivity index (χ0) is 13.1. The van der Waals surface area contributed by atoms with Gasteiger partial charge in [0.1, 0.15) is 12.2 Å². The lowest BCUT2D eigenvalue weighted by molar-refractivity contribution is -0.165. The molecule has 0 aromatic heterocycles. The van der Waals surface area contributed by atoms with Crippen molar-refractivity contribution in [3.8, 4) is 0 Å². The van der Waals surface area contributed by atoms with Gasteiger partial charge in [0.25, 0.3) is 0 Å². The molecule has 0 aromatic carbocycles. The third-order valence-electron chi connectivity index (χ3n) is 5.05. The molecule has 5 atom stereocenters. The summed E-state index contributed by atoms with van der Waals surface area (Å²) >= 11 is 0. The summed E-state index contributed by atoms with van der Waals surface area (Å²) in [6, 6.07) is 0. The van der Waals surface area contributed by atoms with Crippen LogP contribution >= 0.6 is 0 Å². The first kappa shape index (κ1) is 12.1. The molecule has 1 heterocycles. The van der Waals surface area contributed by atoms with Crippen LogP contribution in [-0.2, 0) is 14.3 Å². The Labute approximate surface area is 109 Å². The van der Waals surface area contributed by atoms with E-state index in [1.165, 1.54) is 0 Å². The third kappa shape index (κ3) is 1.52. The highest BCUT2D eigenvalue weighted by atomic mass is 16.6. The van der Waals surface area contributed by atoms with Crippen LogP contribution in [0.25, 0.3) is 0 Å². The monoisotopic (exact) mass is 249 g/mol. The fourth-order valence-electron chi connectivity index (χ4n) is 3.60. The van der Waals surface area contributed by atoms with Gasteiger partial charge in [-0.15, -0.1) is 0 Å². The van der Waals surface area contributed by atoms with E-state index in [9.17, 15) is 4.79 Å². The highest BCUT2D eigenvalue weighted by molar-refractivity contribution is 5.77. The fraction of sp³-hybridized carbons (Fsp3) is 0.733. The van der Waals surface area contributed by atoms with E-state index in [0.717, 1.165) is 18.6 Å². The van der Waals surface area contributed by atoms with E-state index in [1.807, 2.05) is 27.2 Å². The second kappa shape index (κ2) is 3.75. The van der Waals surface area contributed by atoms with Crippen LogP contribution in [0, 0.1) is 29.6 Å². The minimum atomic E-state index is -0.517. The molecule has 2 aliphatic carbocycles. The van der Waals surface area contributed by atoms with E-state index in [-0.39, 0.29) is 18.2 Å². The second-order valence-electron chi connectivity index (χ2n) is 6.43. The summed E-state index contributed by atoms with van der Waals surface area (Å²) in [4.78, 5) is 12.2. The van der Waals surface area contributed by atoms with Crippen LogP contribution in [0.1, 0.15) is 33.6 Å². The molecule has 0 aromatic rings. The van der Waals surface area contributed by atoms with Gasteiger partial charge >= 0.3 is 5.97 Å². The molecule has 3 rings (SSSR count). The molecule has 99 valence electrons. The van der Waals surface area contributed by atoms with E-state index < -0.39 is 5.41 Å². The molecule has 1 saturated heterocycles. The summed E-state index contributed by atoms with van der Waals surface area (Å²) < 4.78 is 11.6. The van der Waals surface area contributed by atoms with Gasteiger partial charge in [0, 0.05) is 17.8 Å². The SMILES string of the molecule is C=C1OC2C3CC(CC13)C2OC(=O)C(C)(C)[CH]C. The third-order valence-corrected chi connectivity index (χ3v) is 5.05. The summed E-state index contributed by atoms with van der Waals surface area (Å²) in [5, 5.41) is 0. The summed E-state index contributed by atoms with van der Waals surface area (Å²) in [6.07, 6.45) is 4.10. The lowest BCUT2D eigenvalue weighted by Gasteiger charge is -2.29. The predicted molar refractivity (Wildman–Crippen MR) is 67.4 cm³/mol. The lowest BCUT2D eigenvalue weighted by Crippen LogP contribution is -2.39. The van der Waals surface area contributed by atoms with Crippen molar-refractivity contribution in [3.05, 3.63) is 18.8 Å². The van der Waals surface area contributed by atoms with Crippen LogP contribution in [0.4, 0.5) is 0 Å². The van der Waals surface area contributed by atoms with Crippen molar-refractivity contribution >= 4 is 5.97 Å².